The van der Waals surface area contributed by atoms with Crippen LogP contribution in [0.25, 0.3) is 0 Å². The average molecular weight is 182 g/mol. The fourth-order valence-corrected chi connectivity index (χ4v) is 2.72. The van der Waals surface area contributed by atoms with Crippen LogP contribution in [0.4, 0.5) is 0 Å². The van der Waals surface area contributed by atoms with Gasteiger partial charge in [-0.05, 0) is 25.9 Å². The zero-order valence-corrected chi connectivity index (χ0v) is 8.49. The summed E-state index contributed by atoms with van der Waals surface area (Å²) in [5.74, 6) is 0.942. The number of likely N-dealkylation sites (tertiary alicyclic amines) is 2. The molecule has 0 radical (unpaired) electrons. The Kier molecular flexibility index (Phi) is 2.28. The Bertz CT molecular complexity index is 211. The second-order valence-corrected chi connectivity index (χ2v) is 4.19. The molecular weight excluding hydrogens is 164 g/mol. The first-order valence-electron chi connectivity index (χ1n) is 5.23. The summed E-state index contributed by atoms with van der Waals surface area (Å²) < 4.78 is 0. The Hall–Kier alpha value is -0.570. The van der Waals surface area contributed by atoms with Gasteiger partial charge in [0.25, 0.3) is 0 Å². The van der Waals surface area contributed by atoms with Crippen molar-refractivity contribution in [2.45, 2.75) is 25.8 Å². The monoisotopic (exact) mass is 182 g/mol. The first kappa shape index (κ1) is 9.00. The van der Waals surface area contributed by atoms with E-state index in [2.05, 4.69) is 11.8 Å². The van der Waals surface area contributed by atoms with E-state index in [0.717, 1.165) is 19.6 Å². The number of hydrogen-bond donors (Lipinski definition) is 0. The molecule has 3 heteroatoms. The molecular formula is C10H18N2O. The summed E-state index contributed by atoms with van der Waals surface area (Å²) in [6, 6.07) is 0.212. The lowest BCUT2D eigenvalue weighted by molar-refractivity contribution is -0.131. The molecule has 0 aromatic rings. The van der Waals surface area contributed by atoms with Gasteiger partial charge in [0, 0.05) is 19.5 Å². The molecule has 2 heterocycles. The topological polar surface area (TPSA) is 23.6 Å². The Labute approximate surface area is 79.7 Å². The molecule has 0 saturated carbocycles. The molecule has 74 valence electrons. The van der Waals surface area contributed by atoms with Crippen LogP contribution in [-0.2, 0) is 4.79 Å². The van der Waals surface area contributed by atoms with E-state index in [-0.39, 0.29) is 6.04 Å². The molecule has 13 heavy (non-hydrogen) atoms. The minimum Gasteiger partial charge on any atom is -0.344 e. The Morgan fingerprint density at radius 1 is 1.54 bits per heavy atom. The largest absolute Gasteiger partial charge is 0.344 e. The van der Waals surface area contributed by atoms with Crippen LogP contribution in [-0.4, -0.2) is 48.4 Å². The van der Waals surface area contributed by atoms with E-state index in [1.54, 1.807) is 0 Å². The summed E-state index contributed by atoms with van der Waals surface area (Å²) >= 11 is 0. The van der Waals surface area contributed by atoms with Crippen LogP contribution in [0.1, 0.15) is 19.8 Å². The number of amides is 1. The lowest BCUT2D eigenvalue weighted by Crippen LogP contribution is -2.47. The highest BCUT2D eigenvalue weighted by atomic mass is 16.2. The van der Waals surface area contributed by atoms with E-state index in [1.807, 2.05) is 11.9 Å². The molecule has 2 atom stereocenters. The smallest absolute Gasteiger partial charge is 0.240 e. The first-order valence-corrected chi connectivity index (χ1v) is 5.23. The number of likely N-dealkylation sites (N-methyl/N-ethyl adjacent to an activating group) is 2. The van der Waals surface area contributed by atoms with Gasteiger partial charge < -0.3 is 4.90 Å². The van der Waals surface area contributed by atoms with E-state index < -0.39 is 0 Å². The molecule has 2 fully saturated rings. The highest BCUT2D eigenvalue weighted by Crippen LogP contribution is 2.30. The number of hydrogen-bond acceptors (Lipinski definition) is 2. The Morgan fingerprint density at radius 3 is 3.00 bits per heavy atom. The van der Waals surface area contributed by atoms with Crippen molar-refractivity contribution in [3.8, 4) is 0 Å². The zero-order valence-electron chi connectivity index (χ0n) is 8.49. The van der Waals surface area contributed by atoms with Gasteiger partial charge in [-0.2, -0.15) is 0 Å². The summed E-state index contributed by atoms with van der Waals surface area (Å²) in [5, 5.41) is 0. The minimum absolute atomic E-state index is 0.212. The van der Waals surface area contributed by atoms with Gasteiger partial charge >= 0.3 is 0 Å². The number of carbonyl (C=O) groups excluding carboxylic acids is 1. The molecule has 0 aromatic heterocycles. The molecule has 2 rings (SSSR count). The summed E-state index contributed by atoms with van der Waals surface area (Å²) in [4.78, 5) is 16.0. The van der Waals surface area contributed by atoms with Gasteiger partial charge in [-0.1, -0.05) is 6.92 Å². The van der Waals surface area contributed by atoms with Crippen LogP contribution in [0.5, 0.6) is 0 Å². The third kappa shape index (κ3) is 1.35. The van der Waals surface area contributed by atoms with Crippen LogP contribution in [0.2, 0.25) is 0 Å². The summed E-state index contributed by atoms with van der Waals surface area (Å²) in [7, 11) is 1.93. The van der Waals surface area contributed by atoms with Crippen molar-refractivity contribution in [2.24, 2.45) is 5.92 Å². The number of fused-ring (bicyclic) bond motifs is 1. The minimum atomic E-state index is 0.212. The van der Waals surface area contributed by atoms with Crippen molar-refractivity contribution < 1.29 is 4.79 Å². The predicted molar refractivity (Wildman–Crippen MR) is 51.4 cm³/mol. The van der Waals surface area contributed by atoms with E-state index in [4.69, 9.17) is 0 Å². The van der Waals surface area contributed by atoms with E-state index in [9.17, 15) is 4.79 Å². The van der Waals surface area contributed by atoms with Crippen molar-refractivity contribution in [3.05, 3.63) is 0 Å². The molecule has 1 amide bonds. The number of rotatable bonds is 1. The van der Waals surface area contributed by atoms with E-state index in [0.29, 0.717) is 11.8 Å². The molecule has 2 aliphatic heterocycles. The summed E-state index contributed by atoms with van der Waals surface area (Å²) in [6.45, 7) is 5.24. The third-order valence-electron chi connectivity index (χ3n) is 3.40. The van der Waals surface area contributed by atoms with Crippen LogP contribution in [0, 0.1) is 5.92 Å². The van der Waals surface area contributed by atoms with Crippen LogP contribution in [0.3, 0.4) is 0 Å². The SMILES string of the molecule is CCN1CCCC2CN(C)C(=O)C21. The van der Waals surface area contributed by atoms with E-state index in [1.165, 1.54) is 12.8 Å². The summed E-state index contributed by atoms with van der Waals surface area (Å²) in [5.41, 5.74) is 0. The van der Waals surface area contributed by atoms with Gasteiger partial charge in [-0.3, -0.25) is 9.69 Å². The lowest BCUT2D eigenvalue weighted by atomic mass is 9.92. The first-order chi connectivity index (χ1) is 6.24. The van der Waals surface area contributed by atoms with Crippen molar-refractivity contribution in [2.75, 3.05) is 26.7 Å². The third-order valence-corrected chi connectivity index (χ3v) is 3.40. The van der Waals surface area contributed by atoms with Crippen molar-refractivity contribution in [3.63, 3.8) is 0 Å². The zero-order chi connectivity index (χ0) is 9.42. The van der Waals surface area contributed by atoms with Gasteiger partial charge in [-0.15, -0.1) is 0 Å². The van der Waals surface area contributed by atoms with Crippen molar-refractivity contribution in [1.29, 1.82) is 0 Å². The Morgan fingerprint density at radius 2 is 2.31 bits per heavy atom. The van der Waals surface area contributed by atoms with Gasteiger partial charge in [0.1, 0.15) is 0 Å². The maximum absolute atomic E-state index is 11.8. The molecule has 0 bridgehead atoms. The normalized spacial score (nSPS) is 35.2. The maximum atomic E-state index is 11.8. The molecule has 2 saturated heterocycles. The fraction of sp³-hybridized carbons (Fsp3) is 0.900. The number of piperidine rings is 1. The van der Waals surface area contributed by atoms with Crippen LogP contribution < -0.4 is 0 Å². The van der Waals surface area contributed by atoms with Crippen molar-refractivity contribution >= 4 is 5.91 Å². The van der Waals surface area contributed by atoms with E-state index >= 15 is 0 Å². The van der Waals surface area contributed by atoms with Crippen LogP contribution in [0.15, 0.2) is 0 Å². The Balaban J connectivity index is 2.16. The van der Waals surface area contributed by atoms with Gasteiger partial charge in [0.05, 0.1) is 6.04 Å². The fourth-order valence-electron chi connectivity index (χ4n) is 2.72. The molecule has 0 N–H and O–H groups in total. The maximum Gasteiger partial charge on any atom is 0.240 e. The quantitative estimate of drug-likeness (QED) is 0.591. The standard InChI is InChI=1S/C10H18N2O/c1-3-12-6-4-5-8-7-11(2)10(13)9(8)12/h8-9H,3-7H2,1-2H3. The predicted octanol–water partition coefficient (Wildman–Crippen LogP) is 0.559. The highest BCUT2D eigenvalue weighted by Gasteiger charge is 2.43. The second-order valence-electron chi connectivity index (χ2n) is 4.19. The molecule has 2 aliphatic rings. The molecule has 0 aromatic carbocycles. The molecule has 0 spiro atoms. The highest BCUT2D eigenvalue weighted by molar-refractivity contribution is 5.84. The summed E-state index contributed by atoms with van der Waals surface area (Å²) in [6.07, 6.45) is 2.49. The average Bonchev–Trinajstić information content (AvgIpc) is 2.43. The van der Waals surface area contributed by atoms with Gasteiger partial charge in [0.2, 0.25) is 5.91 Å². The molecule has 0 aliphatic carbocycles. The molecule has 3 nitrogen and oxygen atoms in total. The second kappa shape index (κ2) is 3.29. The van der Waals surface area contributed by atoms with Gasteiger partial charge in [0.15, 0.2) is 0 Å². The molecule has 2 unspecified atom stereocenters. The number of nitrogens with zero attached hydrogens (tertiary/aromatic N) is 2. The van der Waals surface area contributed by atoms with Gasteiger partial charge in [-0.25, -0.2) is 0 Å². The van der Waals surface area contributed by atoms with Crippen molar-refractivity contribution in [1.82, 2.24) is 9.80 Å². The van der Waals surface area contributed by atoms with Crippen LogP contribution >= 0.6 is 0 Å². The lowest BCUT2D eigenvalue weighted by Gasteiger charge is -2.34. The number of carbonyl (C=O) groups is 1.